The maximum atomic E-state index is 12.5. The third kappa shape index (κ3) is 5.39. The topological polar surface area (TPSA) is 86.1 Å². The van der Waals surface area contributed by atoms with Gasteiger partial charge in [0.05, 0.1) is 19.9 Å². The van der Waals surface area contributed by atoms with Crippen molar-refractivity contribution in [2.24, 2.45) is 0 Å². The minimum atomic E-state index is -3.99. The number of furan rings is 1. The van der Waals surface area contributed by atoms with Gasteiger partial charge in [-0.25, -0.2) is 0 Å². The molecule has 0 aliphatic rings. The zero-order valence-electron chi connectivity index (χ0n) is 16.1. The molecular weight excluding hydrogens is 394 g/mol. The third-order valence-electron chi connectivity index (χ3n) is 4.20. The van der Waals surface area contributed by atoms with Gasteiger partial charge in [-0.15, -0.1) is 0 Å². The van der Waals surface area contributed by atoms with Crippen LogP contribution in [0.2, 0.25) is 0 Å². The first-order valence-corrected chi connectivity index (χ1v) is 10.2. The molecule has 8 heteroatoms. The first-order valence-electron chi connectivity index (χ1n) is 8.83. The van der Waals surface area contributed by atoms with Crippen LogP contribution in [0.15, 0.2) is 76.2 Å². The molecule has 3 aromatic rings. The monoisotopic (exact) mass is 415 g/mol. The number of amides is 1. The van der Waals surface area contributed by atoms with Crippen LogP contribution >= 0.6 is 0 Å². The molecule has 0 aliphatic heterocycles. The minimum Gasteiger partial charge on any atom is -0.497 e. The Bertz CT molecular complexity index is 1060. The molecule has 1 heterocycles. The van der Waals surface area contributed by atoms with Crippen molar-refractivity contribution in [1.29, 1.82) is 0 Å². The fourth-order valence-corrected chi connectivity index (χ4v) is 3.63. The van der Waals surface area contributed by atoms with Crippen LogP contribution in [0.3, 0.4) is 0 Å². The number of carbonyl (C=O) groups excluding carboxylic acids is 1. The highest BCUT2D eigenvalue weighted by atomic mass is 32.2. The van der Waals surface area contributed by atoms with E-state index in [0.717, 1.165) is 5.56 Å². The van der Waals surface area contributed by atoms with Gasteiger partial charge in [0, 0.05) is 13.5 Å². The lowest BCUT2D eigenvalue weighted by Gasteiger charge is -2.20. The van der Waals surface area contributed by atoms with E-state index < -0.39 is 10.1 Å². The minimum absolute atomic E-state index is 0.0203. The lowest BCUT2D eigenvalue weighted by molar-refractivity contribution is -0.130. The highest BCUT2D eigenvalue weighted by Gasteiger charge is 2.18. The molecule has 0 fully saturated rings. The molecule has 0 saturated heterocycles. The molecule has 0 unspecified atom stereocenters. The van der Waals surface area contributed by atoms with E-state index in [1.165, 1.54) is 26.2 Å². The molecule has 0 aliphatic carbocycles. The van der Waals surface area contributed by atoms with Crippen LogP contribution in [0.5, 0.6) is 11.5 Å². The van der Waals surface area contributed by atoms with Gasteiger partial charge in [-0.2, -0.15) is 8.42 Å². The Balaban J connectivity index is 1.74. The second-order valence-electron chi connectivity index (χ2n) is 6.31. The molecule has 29 heavy (non-hydrogen) atoms. The van der Waals surface area contributed by atoms with Crippen LogP contribution in [-0.2, 0) is 28.0 Å². The Morgan fingerprint density at radius 2 is 1.76 bits per heavy atom. The summed E-state index contributed by atoms with van der Waals surface area (Å²) >= 11 is 0. The fourth-order valence-electron chi connectivity index (χ4n) is 2.70. The van der Waals surface area contributed by atoms with Crippen LogP contribution in [0.4, 0.5) is 0 Å². The SMILES string of the molecule is COc1ccc(S(=O)(=O)Oc2cccc(CN(Cc3ccco3)C(C)=O)c2)cc1. The van der Waals surface area contributed by atoms with Crippen molar-refractivity contribution in [2.45, 2.75) is 24.9 Å². The van der Waals surface area contributed by atoms with E-state index in [2.05, 4.69) is 0 Å². The average Bonchev–Trinajstić information content (AvgIpc) is 3.20. The zero-order valence-corrected chi connectivity index (χ0v) is 16.9. The lowest BCUT2D eigenvalue weighted by Crippen LogP contribution is -2.27. The van der Waals surface area contributed by atoms with E-state index in [-0.39, 0.29) is 23.1 Å². The summed E-state index contributed by atoms with van der Waals surface area (Å²) < 4.78 is 40.6. The molecule has 0 N–H and O–H groups in total. The number of ether oxygens (including phenoxy) is 1. The Morgan fingerprint density at radius 1 is 1.00 bits per heavy atom. The van der Waals surface area contributed by atoms with Gasteiger partial charge in [0.1, 0.15) is 22.2 Å². The maximum Gasteiger partial charge on any atom is 0.339 e. The van der Waals surface area contributed by atoms with Gasteiger partial charge in [0.2, 0.25) is 5.91 Å². The van der Waals surface area contributed by atoms with Crippen molar-refractivity contribution in [3.05, 3.63) is 78.3 Å². The smallest absolute Gasteiger partial charge is 0.339 e. The number of hydrogen-bond acceptors (Lipinski definition) is 6. The predicted octanol–water partition coefficient (Wildman–Crippen LogP) is 3.60. The Hall–Kier alpha value is -3.26. The lowest BCUT2D eigenvalue weighted by atomic mass is 10.2. The van der Waals surface area contributed by atoms with Gasteiger partial charge in [0.25, 0.3) is 0 Å². The number of rotatable bonds is 8. The van der Waals surface area contributed by atoms with E-state index in [1.807, 2.05) is 0 Å². The Kier molecular flexibility index (Phi) is 6.23. The summed E-state index contributed by atoms with van der Waals surface area (Å²) in [5.74, 6) is 1.25. The van der Waals surface area contributed by atoms with E-state index in [1.54, 1.807) is 59.7 Å². The van der Waals surface area contributed by atoms with E-state index >= 15 is 0 Å². The molecule has 0 saturated carbocycles. The normalized spacial score (nSPS) is 11.1. The molecule has 152 valence electrons. The van der Waals surface area contributed by atoms with Crippen molar-refractivity contribution >= 4 is 16.0 Å². The average molecular weight is 415 g/mol. The largest absolute Gasteiger partial charge is 0.497 e. The third-order valence-corrected chi connectivity index (χ3v) is 5.46. The number of nitrogens with zero attached hydrogens (tertiary/aromatic N) is 1. The van der Waals surface area contributed by atoms with Gasteiger partial charge >= 0.3 is 10.1 Å². The summed E-state index contributed by atoms with van der Waals surface area (Å²) in [6, 6.07) is 16.1. The van der Waals surface area contributed by atoms with Gasteiger partial charge < -0.3 is 18.2 Å². The number of methoxy groups -OCH3 is 1. The molecular formula is C21H21NO6S. The fraction of sp³-hybridized carbons (Fsp3) is 0.190. The van der Waals surface area contributed by atoms with Crippen LogP contribution < -0.4 is 8.92 Å². The first kappa shape index (κ1) is 20.5. The molecule has 0 bridgehead atoms. The summed E-state index contributed by atoms with van der Waals surface area (Å²) in [5, 5.41) is 0. The van der Waals surface area contributed by atoms with Crippen LogP contribution in [0.25, 0.3) is 0 Å². The summed E-state index contributed by atoms with van der Waals surface area (Å²) in [6.45, 7) is 2.07. The second kappa shape index (κ2) is 8.83. The van der Waals surface area contributed by atoms with Crippen LogP contribution in [0.1, 0.15) is 18.2 Å². The molecule has 3 rings (SSSR count). The van der Waals surface area contributed by atoms with Gasteiger partial charge in [0.15, 0.2) is 0 Å². The van der Waals surface area contributed by atoms with E-state index in [9.17, 15) is 13.2 Å². The quantitative estimate of drug-likeness (QED) is 0.523. The number of benzene rings is 2. The van der Waals surface area contributed by atoms with Crippen molar-refractivity contribution in [3.8, 4) is 11.5 Å². The maximum absolute atomic E-state index is 12.5. The molecule has 0 spiro atoms. The molecule has 1 amide bonds. The van der Waals surface area contributed by atoms with Crippen LogP contribution in [0, 0.1) is 0 Å². The number of carbonyl (C=O) groups is 1. The summed E-state index contributed by atoms with van der Waals surface area (Å²) in [5.41, 5.74) is 0.731. The van der Waals surface area contributed by atoms with Crippen molar-refractivity contribution in [2.75, 3.05) is 7.11 Å². The molecule has 7 nitrogen and oxygen atoms in total. The Labute approximate surface area is 169 Å². The molecule has 0 radical (unpaired) electrons. The van der Waals surface area contributed by atoms with E-state index in [4.69, 9.17) is 13.3 Å². The highest BCUT2D eigenvalue weighted by Crippen LogP contribution is 2.22. The Morgan fingerprint density at radius 3 is 2.38 bits per heavy atom. The standard InChI is InChI=1S/C21H21NO6S/c1-16(23)22(15-20-7-4-12-27-20)14-17-5-3-6-19(13-17)28-29(24,25)21-10-8-18(26-2)9-11-21/h3-13H,14-15H2,1-2H3. The van der Waals surface area contributed by atoms with Gasteiger partial charge in [-0.3, -0.25) is 4.79 Å². The van der Waals surface area contributed by atoms with Crippen molar-refractivity contribution in [1.82, 2.24) is 4.90 Å². The van der Waals surface area contributed by atoms with Gasteiger partial charge in [-0.1, -0.05) is 12.1 Å². The van der Waals surface area contributed by atoms with Gasteiger partial charge in [-0.05, 0) is 54.1 Å². The highest BCUT2D eigenvalue weighted by molar-refractivity contribution is 7.87. The predicted molar refractivity (Wildman–Crippen MR) is 106 cm³/mol. The second-order valence-corrected chi connectivity index (χ2v) is 7.86. The molecule has 2 aromatic carbocycles. The first-order chi connectivity index (χ1) is 13.9. The van der Waals surface area contributed by atoms with Crippen LogP contribution in [-0.4, -0.2) is 26.3 Å². The number of hydrogen-bond donors (Lipinski definition) is 0. The van der Waals surface area contributed by atoms with Crippen molar-refractivity contribution < 1.29 is 26.5 Å². The molecule has 1 aromatic heterocycles. The summed E-state index contributed by atoms with van der Waals surface area (Å²) in [6.07, 6.45) is 1.55. The van der Waals surface area contributed by atoms with E-state index in [0.29, 0.717) is 18.1 Å². The molecule has 0 atom stereocenters. The summed E-state index contributed by atoms with van der Waals surface area (Å²) in [4.78, 5) is 13.6. The zero-order chi connectivity index (χ0) is 20.9. The summed E-state index contributed by atoms with van der Waals surface area (Å²) in [7, 11) is -2.49. The van der Waals surface area contributed by atoms with Crippen molar-refractivity contribution in [3.63, 3.8) is 0 Å².